The molecular weight excluding hydrogens is 373 g/mol. The lowest BCUT2D eigenvalue weighted by Gasteiger charge is -2.38. The minimum absolute atomic E-state index is 0.157. The van der Waals surface area contributed by atoms with Gasteiger partial charge >= 0.3 is 11.8 Å². The van der Waals surface area contributed by atoms with Crippen LogP contribution in [0.25, 0.3) is 0 Å². The highest BCUT2D eigenvalue weighted by Gasteiger charge is 2.38. The molecule has 0 radical (unpaired) electrons. The Labute approximate surface area is 171 Å². The summed E-state index contributed by atoms with van der Waals surface area (Å²) in [5.41, 5.74) is 0.763. The summed E-state index contributed by atoms with van der Waals surface area (Å²) in [6.07, 6.45) is 7.04. The number of carbonyl (C=O) groups excluding carboxylic acids is 3. The van der Waals surface area contributed by atoms with Gasteiger partial charge in [0.15, 0.2) is 0 Å². The Balaban J connectivity index is 1.61. The van der Waals surface area contributed by atoms with Crippen LogP contribution in [0.15, 0.2) is 24.3 Å². The van der Waals surface area contributed by atoms with Crippen molar-refractivity contribution in [2.24, 2.45) is 0 Å². The van der Waals surface area contributed by atoms with Crippen molar-refractivity contribution in [1.82, 2.24) is 15.1 Å². The molecule has 0 spiro atoms. The first-order chi connectivity index (χ1) is 14.0. The van der Waals surface area contributed by atoms with Gasteiger partial charge in [-0.1, -0.05) is 44.7 Å². The average Bonchev–Trinajstić information content (AvgIpc) is 2.98. The number of nitrogens with zero attached hydrogens (tertiary/aromatic N) is 2. The highest BCUT2D eigenvalue weighted by atomic mass is 19.1. The third kappa shape index (κ3) is 5.34. The van der Waals surface area contributed by atoms with E-state index in [2.05, 4.69) is 5.32 Å². The number of nitrogens with one attached hydrogen (secondary N) is 1. The molecule has 1 unspecified atom stereocenters. The first-order valence-electron chi connectivity index (χ1n) is 10.6. The maximum absolute atomic E-state index is 13.1. The molecular formula is C22H30FN3O3. The van der Waals surface area contributed by atoms with Gasteiger partial charge in [0.05, 0.1) is 0 Å². The van der Waals surface area contributed by atoms with E-state index in [9.17, 15) is 18.8 Å². The standard InChI is InChI=1S/C22H30FN3O3/c1-2-19(20(27)24-18-7-5-3-4-6-8-18)26-14-13-25(21(28)22(26)29)15-16-9-11-17(23)12-10-16/h9-12,18-19H,2-8,13-15H2,1H3,(H,24,27). The van der Waals surface area contributed by atoms with Crippen LogP contribution in [0.2, 0.25) is 0 Å². The van der Waals surface area contributed by atoms with Crippen LogP contribution in [-0.2, 0) is 20.9 Å². The lowest BCUT2D eigenvalue weighted by atomic mass is 10.1. The van der Waals surface area contributed by atoms with Crippen molar-refractivity contribution in [1.29, 1.82) is 0 Å². The number of hydrogen-bond acceptors (Lipinski definition) is 3. The largest absolute Gasteiger partial charge is 0.352 e. The van der Waals surface area contributed by atoms with E-state index in [1.165, 1.54) is 34.8 Å². The van der Waals surface area contributed by atoms with Crippen LogP contribution in [-0.4, -0.2) is 52.7 Å². The van der Waals surface area contributed by atoms with Crippen molar-refractivity contribution >= 4 is 17.7 Å². The van der Waals surface area contributed by atoms with Crippen molar-refractivity contribution in [2.75, 3.05) is 13.1 Å². The molecule has 158 valence electrons. The fourth-order valence-corrected chi connectivity index (χ4v) is 4.22. The third-order valence-corrected chi connectivity index (χ3v) is 5.90. The molecule has 1 atom stereocenters. The van der Waals surface area contributed by atoms with E-state index in [0.717, 1.165) is 31.2 Å². The Kier molecular flexibility index (Phi) is 7.23. The molecule has 1 aromatic rings. The minimum atomic E-state index is -0.638. The summed E-state index contributed by atoms with van der Waals surface area (Å²) in [7, 11) is 0. The quantitative estimate of drug-likeness (QED) is 0.586. The fraction of sp³-hybridized carbons (Fsp3) is 0.591. The van der Waals surface area contributed by atoms with Gasteiger partial charge < -0.3 is 15.1 Å². The fourth-order valence-electron chi connectivity index (χ4n) is 4.22. The van der Waals surface area contributed by atoms with Gasteiger partial charge in [-0.3, -0.25) is 14.4 Å². The van der Waals surface area contributed by atoms with E-state index in [0.29, 0.717) is 19.5 Å². The molecule has 7 heteroatoms. The molecule has 3 rings (SSSR count). The Morgan fingerprint density at radius 3 is 2.34 bits per heavy atom. The molecule has 6 nitrogen and oxygen atoms in total. The van der Waals surface area contributed by atoms with Crippen LogP contribution >= 0.6 is 0 Å². The molecule has 1 aromatic carbocycles. The van der Waals surface area contributed by atoms with Crippen LogP contribution in [0.4, 0.5) is 4.39 Å². The van der Waals surface area contributed by atoms with E-state index in [1.807, 2.05) is 6.92 Å². The lowest BCUT2D eigenvalue weighted by Crippen LogP contribution is -2.60. The number of amides is 3. The predicted octanol–water partition coefficient (Wildman–Crippen LogP) is 2.61. The van der Waals surface area contributed by atoms with Crippen LogP contribution in [0, 0.1) is 5.82 Å². The van der Waals surface area contributed by atoms with Crippen molar-refractivity contribution in [2.45, 2.75) is 70.5 Å². The Morgan fingerprint density at radius 2 is 1.72 bits per heavy atom. The Hall–Kier alpha value is -2.44. The molecule has 0 bridgehead atoms. The molecule has 1 aliphatic heterocycles. The van der Waals surface area contributed by atoms with Crippen LogP contribution in [0.1, 0.15) is 57.4 Å². The van der Waals surface area contributed by atoms with Gasteiger partial charge in [0.25, 0.3) is 0 Å². The molecule has 1 heterocycles. The van der Waals surface area contributed by atoms with E-state index in [4.69, 9.17) is 0 Å². The maximum atomic E-state index is 13.1. The number of hydrogen-bond donors (Lipinski definition) is 1. The summed E-state index contributed by atoms with van der Waals surface area (Å²) in [5.74, 6) is -1.75. The molecule has 1 saturated heterocycles. The monoisotopic (exact) mass is 403 g/mol. The van der Waals surface area contributed by atoms with Gasteiger partial charge in [0.1, 0.15) is 11.9 Å². The van der Waals surface area contributed by atoms with Gasteiger partial charge in [-0.05, 0) is 37.0 Å². The third-order valence-electron chi connectivity index (χ3n) is 5.90. The zero-order valence-electron chi connectivity index (χ0n) is 17.0. The van der Waals surface area contributed by atoms with Crippen molar-refractivity contribution in [3.63, 3.8) is 0 Å². The predicted molar refractivity (Wildman–Crippen MR) is 107 cm³/mol. The zero-order valence-corrected chi connectivity index (χ0v) is 17.0. The molecule has 1 N–H and O–H groups in total. The Bertz CT molecular complexity index is 729. The molecule has 0 aromatic heterocycles. The van der Waals surface area contributed by atoms with Crippen LogP contribution in [0.3, 0.4) is 0 Å². The highest BCUT2D eigenvalue weighted by Crippen LogP contribution is 2.19. The van der Waals surface area contributed by atoms with Crippen LogP contribution < -0.4 is 5.32 Å². The SMILES string of the molecule is CCC(C(=O)NC1CCCCCC1)N1CCN(Cc2ccc(F)cc2)C(=O)C1=O. The first kappa shape index (κ1) is 21.3. The summed E-state index contributed by atoms with van der Waals surface area (Å²) < 4.78 is 13.1. The second-order valence-electron chi connectivity index (χ2n) is 7.97. The Morgan fingerprint density at radius 1 is 1.07 bits per heavy atom. The lowest BCUT2D eigenvalue weighted by molar-refractivity contribution is -0.160. The normalized spacial score (nSPS) is 19.8. The van der Waals surface area contributed by atoms with Crippen molar-refractivity contribution in [3.05, 3.63) is 35.6 Å². The molecule has 3 amide bonds. The minimum Gasteiger partial charge on any atom is -0.352 e. The number of rotatable bonds is 6. The molecule has 29 heavy (non-hydrogen) atoms. The van der Waals surface area contributed by atoms with Gasteiger partial charge in [0.2, 0.25) is 5.91 Å². The second-order valence-corrected chi connectivity index (χ2v) is 7.97. The average molecular weight is 403 g/mol. The van der Waals surface area contributed by atoms with E-state index in [1.54, 1.807) is 12.1 Å². The van der Waals surface area contributed by atoms with E-state index in [-0.39, 0.29) is 24.3 Å². The molecule has 1 saturated carbocycles. The first-order valence-corrected chi connectivity index (χ1v) is 10.6. The van der Waals surface area contributed by atoms with Crippen molar-refractivity contribution < 1.29 is 18.8 Å². The summed E-state index contributed by atoms with van der Waals surface area (Å²) in [4.78, 5) is 41.1. The molecule has 2 fully saturated rings. The molecule has 1 aliphatic carbocycles. The van der Waals surface area contributed by atoms with Crippen molar-refractivity contribution in [3.8, 4) is 0 Å². The summed E-state index contributed by atoms with van der Waals surface area (Å²) in [6.45, 7) is 2.79. The van der Waals surface area contributed by atoms with Gasteiger partial charge in [-0.2, -0.15) is 0 Å². The van der Waals surface area contributed by atoms with Gasteiger partial charge in [-0.25, -0.2) is 4.39 Å². The topological polar surface area (TPSA) is 69.7 Å². The summed E-state index contributed by atoms with van der Waals surface area (Å²) >= 11 is 0. The van der Waals surface area contributed by atoms with Gasteiger partial charge in [0, 0.05) is 25.7 Å². The second kappa shape index (κ2) is 9.85. The maximum Gasteiger partial charge on any atom is 0.312 e. The highest BCUT2D eigenvalue weighted by molar-refractivity contribution is 6.35. The van der Waals surface area contributed by atoms with E-state index >= 15 is 0 Å². The van der Waals surface area contributed by atoms with Gasteiger partial charge in [-0.15, -0.1) is 0 Å². The number of benzene rings is 1. The smallest absolute Gasteiger partial charge is 0.312 e. The zero-order chi connectivity index (χ0) is 20.8. The number of piperazine rings is 1. The summed E-state index contributed by atoms with van der Waals surface area (Å²) in [6, 6.07) is 5.42. The number of halogens is 1. The van der Waals surface area contributed by atoms with E-state index < -0.39 is 17.9 Å². The number of carbonyl (C=O) groups is 3. The van der Waals surface area contributed by atoms with Crippen LogP contribution in [0.5, 0.6) is 0 Å². The summed E-state index contributed by atoms with van der Waals surface area (Å²) in [5, 5.41) is 3.11. The molecule has 2 aliphatic rings.